The number of benzene rings is 2. The lowest BCUT2D eigenvalue weighted by atomic mass is 10.1. The van der Waals surface area contributed by atoms with Crippen molar-refractivity contribution in [1.29, 1.82) is 0 Å². The number of ether oxygens (including phenoxy) is 1. The number of rotatable bonds is 8. The lowest BCUT2D eigenvalue weighted by Crippen LogP contribution is -2.33. The first kappa shape index (κ1) is 20.5. The van der Waals surface area contributed by atoms with Crippen LogP contribution in [-0.4, -0.2) is 47.4 Å². The number of urea groups is 1. The first-order valence-corrected chi connectivity index (χ1v) is 10.2. The van der Waals surface area contributed by atoms with Crippen molar-refractivity contribution in [3.63, 3.8) is 0 Å². The molecule has 0 bridgehead atoms. The number of nitrogens with zero attached hydrogens (tertiary/aromatic N) is 1. The lowest BCUT2D eigenvalue weighted by molar-refractivity contribution is -0.127. The number of para-hydroxylation sites is 1. The molecule has 8 nitrogen and oxygen atoms in total. The molecule has 3 N–H and O–H groups in total. The van der Waals surface area contributed by atoms with E-state index in [0.717, 1.165) is 22.2 Å². The van der Waals surface area contributed by atoms with Gasteiger partial charge < -0.3 is 20.4 Å². The number of carbonyl (C=O) groups excluding carboxylic acids is 3. The Morgan fingerprint density at radius 2 is 2.00 bits per heavy atom. The Morgan fingerprint density at radius 1 is 1.16 bits per heavy atom. The van der Waals surface area contributed by atoms with Gasteiger partial charge in [-0.3, -0.25) is 14.5 Å². The number of carbonyl (C=O) groups is 3. The molecule has 2 heterocycles. The van der Waals surface area contributed by atoms with E-state index in [1.807, 2.05) is 54.7 Å². The van der Waals surface area contributed by atoms with Crippen LogP contribution in [0.5, 0.6) is 5.75 Å². The molecule has 1 fully saturated rings. The van der Waals surface area contributed by atoms with E-state index < -0.39 is 12.1 Å². The van der Waals surface area contributed by atoms with Gasteiger partial charge in [0, 0.05) is 30.4 Å². The molecule has 0 spiro atoms. The highest BCUT2D eigenvalue weighted by molar-refractivity contribution is 6.04. The van der Waals surface area contributed by atoms with Crippen molar-refractivity contribution < 1.29 is 19.1 Å². The number of fused-ring (bicyclic) bond motifs is 1. The SMILES string of the molecule is COc1ccccc1CCN1C(=O)N[C@H](CCC(=O)Nc2ccc3cc[nH]c3c2)C1=O. The van der Waals surface area contributed by atoms with Gasteiger partial charge in [-0.15, -0.1) is 0 Å². The fourth-order valence-corrected chi connectivity index (χ4v) is 3.75. The Bertz CT molecular complexity index is 1120. The van der Waals surface area contributed by atoms with Crippen LogP contribution in [0.1, 0.15) is 18.4 Å². The third-order valence-electron chi connectivity index (χ3n) is 5.40. The zero-order valence-corrected chi connectivity index (χ0v) is 17.2. The number of methoxy groups -OCH3 is 1. The molecule has 31 heavy (non-hydrogen) atoms. The van der Waals surface area contributed by atoms with Gasteiger partial charge in [-0.2, -0.15) is 0 Å². The van der Waals surface area contributed by atoms with Gasteiger partial charge >= 0.3 is 6.03 Å². The molecule has 1 aliphatic rings. The monoisotopic (exact) mass is 420 g/mol. The van der Waals surface area contributed by atoms with Gasteiger partial charge in [-0.05, 0) is 48.1 Å². The number of aromatic amines is 1. The van der Waals surface area contributed by atoms with E-state index in [9.17, 15) is 14.4 Å². The molecule has 0 unspecified atom stereocenters. The fourth-order valence-electron chi connectivity index (χ4n) is 3.75. The molecule has 1 saturated heterocycles. The Hall–Kier alpha value is -3.81. The van der Waals surface area contributed by atoms with Crippen molar-refractivity contribution in [2.45, 2.75) is 25.3 Å². The van der Waals surface area contributed by atoms with Crippen LogP contribution >= 0.6 is 0 Å². The fraction of sp³-hybridized carbons (Fsp3) is 0.261. The van der Waals surface area contributed by atoms with Gasteiger partial charge in [-0.25, -0.2) is 4.79 Å². The number of amides is 4. The highest BCUT2D eigenvalue weighted by Crippen LogP contribution is 2.20. The number of hydrogen-bond donors (Lipinski definition) is 3. The molecule has 1 atom stereocenters. The van der Waals surface area contributed by atoms with Gasteiger partial charge in [0.2, 0.25) is 5.91 Å². The summed E-state index contributed by atoms with van der Waals surface area (Å²) in [5, 5.41) is 6.57. The minimum Gasteiger partial charge on any atom is -0.496 e. The van der Waals surface area contributed by atoms with E-state index in [0.29, 0.717) is 12.1 Å². The van der Waals surface area contributed by atoms with Gasteiger partial charge in [0.25, 0.3) is 5.91 Å². The van der Waals surface area contributed by atoms with E-state index in [-0.39, 0.29) is 31.2 Å². The van der Waals surface area contributed by atoms with Crippen molar-refractivity contribution in [2.24, 2.45) is 0 Å². The summed E-state index contributed by atoms with van der Waals surface area (Å²) in [4.78, 5) is 41.5. The van der Waals surface area contributed by atoms with Gasteiger partial charge in [-0.1, -0.05) is 24.3 Å². The number of anilines is 1. The first-order chi connectivity index (χ1) is 15.0. The van der Waals surface area contributed by atoms with Crippen LogP contribution in [0.15, 0.2) is 54.7 Å². The zero-order chi connectivity index (χ0) is 21.8. The number of aromatic nitrogens is 1. The third kappa shape index (κ3) is 4.53. The van der Waals surface area contributed by atoms with Crippen molar-refractivity contribution in [1.82, 2.24) is 15.2 Å². The van der Waals surface area contributed by atoms with Crippen LogP contribution in [0.3, 0.4) is 0 Å². The molecule has 4 rings (SSSR count). The normalized spacial score (nSPS) is 15.9. The minimum absolute atomic E-state index is 0.125. The number of hydrogen-bond acceptors (Lipinski definition) is 4. The van der Waals surface area contributed by atoms with Crippen molar-refractivity contribution in [3.05, 3.63) is 60.3 Å². The number of H-pyrrole nitrogens is 1. The second kappa shape index (κ2) is 8.91. The molecule has 1 aromatic heterocycles. The summed E-state index contributed by atoms with van der Waals surface area (Å²) in [6, 6.07) is 13.9. The van der Waals surface area contributed by atoms with E-state index >= 15 is 0 Å². The van der Waals surface area contributed by atoms with Crippen molar-refractivity contribution in [2.75, 3.05) is 19.0 Å². The largest absolute Gasteiger partial charge is 0.496 e. The van der Waals surface area contributed by atoms with Crippen LogP contribution in [0.4, 0.5) is 10.5 Å². The predicted octanol–water partition coefficient (Wildman–Crippen LogP) is 3.06. The molecular weight excluding hydrogens is 396 g/mol. The minimum atomic E-state index is -0.693. The summed E-state index contributed by atoms with van der Waals surface area (Å²) in [6.07, 6.45) is 2.70. The smallest absolute Gasteiger partial charge is 0.324 e. The molecule has 3 aromatic rings. The second-order valence-corrected chi connectivity index (χ2v) is 7.42. The summed E-state index contributed by atoms with van der Waals surface area (Å²) in [5.41, 5.74) is 2.54. The van der Waals surface area contributed by atoms with Crippen molar-refractivity contribution >= 4 is 34.4 Å². The Balaban J connectivity index is 1.29. The summed E-state index contributed by atoms with van der Waals surface area (Å²) in [6.45, 7) is 0.254. The van der Waals surface area contributed by atoms with Crippen LogP contribution in [0.2, 0.25) is 0 Å². The lowest BCUT2D eigenvalue weighted by Gasteiger charge is -2.14. The second-order valence-electron chi connectivity index (χ2n) is 7.42. The summed E-state index contributed by atoms with van der Waals surface area (Å²) >= 11 is 0. The first-order valence-electron chi connectivity index (χ1n) is 10.2. The molecule has 8 heteroatoms. The molecule has 4 amide bonds. The van der Waals surface area contributed by atoms with E-state index in [1.165, 1.54) is 4.90 Å². The molecule has 0 saturated carbocycles. The van der Waals surface area contributed by atoms with Crippen molar-refractivity contribution in [3.8, 4) is 5.75 Å². The highest BCUT2D eigenvalue weighted by atomic mass is 16.5. The van der Waals surface area contributed by atoms with Crippen LogP contribution < -0.4 is 15.4 Å². The van der Waals surface area contributed by atoms with Gasteiger partial charge in [0.1, 0.15) is 11.8 Å². The molecule has 0 radical (unpaired) electrons. The highest BCUT2D eigenvalue weighted by Gasteiger charge is 2.37. The summed E-state index contributed by atoms with van der Waals surface area (Å²) in [7, 11) is 1.59. The average molecular weight is 420 g/mol. The molecule has 1 aliphatic heterocycles. The average Bonchev–Trinajstić information content (AvgIpc) is 3.34. The summed E-state index contributed by atoms with van der Waals surface area (Å²) < 4.78 is 5.32. The maximum atomic E-state index is 12.7. The molecule has 2 aromatic carbocycles. The van der Waals surface area contributed by atoms with E-state index in [2.05, 4.69) is 15.6 Å². The number of imide groups is 1. The van der Waals surface area contributed by atoms with Crippen LogP contribution in [0, 0.1) is 0 Å². The molecule has 160 valence electrons. The topological polar surface area (TPSA) is 104 Å². The van der Waals surface area contributed by atoms with Crippen LogP contribution in [0.25, 0.3) is 10.9 Å². The van der Waals surface area contributed by atoms with Gasteiger partial charge in [0.15, 0.2) is 0 Å². The van der Waals surface area contributed by atoms with Crippen LogP contribution in [-0.2, 0) is 16.0 Å². The standard InChI is InChI=1S/C23H24N4O4/c1-31-20-5-3-2-4-16(20)11-13-27-22(29)18(26-23(27)30)8-9-21(28)25-17-7-6-15-10-12-24-19(15)14-17/h2-7,10,12,14,18,24H,8-9,11,13H2,1H3,(H,25,28)(H,26,30)/t18-/m1/s1. The van der Waals surface area contributed by atoms with E-state index in [1.54, 1.807) is 7.11 Å². The molecular formula is C23H24N4O4. The maximum absolute atomic E-state index is 12.7. The van der Waals surface area contributed by atoms with Gasteiger partial charge in [0.05, 0.1) is 7.11 Å². The van der Waals surface area contributed by atoms with E-state index in [4.69, 9.17) is 4.74 Å². The Labute approximate surface area is 179 Å². The summed E-state index contributed by atoms with van der Waals surface area (Å²) in [5.74, 6) is 0.209. The predicted molar refractivity (Wildman–Crippen MR) is 117 cm³/mol. The zero-order valence-electron chi connectivity index (χ0n) is 17.2. The molecule has 0 aliphatic carbocycles. The maximum Gasteiger partial charge on any atom is 0.324 e. The quantitative estimate of drug-likeness (QED) is 0.487. The third-order valence-corrected chi connectivity index (χ3v) is 5.40. The Kier molecular flexibility index (Phi) is 5.88. The number of nitrogens with one attached hydrogen (secondary N) is 3. The Morgan fingerprint density at radius 3 is 2.84 bits per heavy atom.